The number of aromatic carboxylic acids is 1. The third kappa shape index (κ3) is 2.08. The number of carboxylic acid groups (broad SMARTS) is 1. The molecule has 20 heavy (non-hydrogen) atoms. The maximum atomic E-state index is 12.4. The molecule has 3 rings (SSSR count). The lowest BCUT2D eigenvalue weighted by atomic mass is 10.0. The molecule has 98 valence electrons. The molecule has 1 N–H and O–H groups in total. The Morgan fingerprint density at radius 2 is 1.60 bits per heavy atom. The predicted molar refractivity (Wildman–Crippen MR) is 76.5 cm³/mol. The number of para-hydroxylation sites is 1. The van der Waals surface area contributed by atoms with E-state index in [1.165, 1.54) is 23.5 Å². The average molecular weight is 283 g/mol. The highest BCUT2D eigenvalue weighted by Crippen LogP contribution is 2.24. The van der Waals surface area contributed by atoms with Gasteiger partial charge in [0.15, 0.2) is 5.01 Å². The van der Waals surface area contributed by atoms with E-state index in [0.29, 0.717) is 5.01 Å². The summed E-state index contributed by atoms with van der Waals surface area (Å²) in [6, 6.07) is 13.6. The number of fused-ring (bicyclic) bond motifs is 1. The van der Waals surface area contributed by atoms with Gasteiger partial charge in [0, 0.05) is 5.56 Å². The summed E-state index contributed by atoms with van der Waals surface area (Å²) >= 11 is 1.27. The zero-order valence-corrected chi connectivity index (χ0v) is 11.1. The molecule has 0 spiro atoms. The number of ketones is 1. The van der Waals surface area contributed by atoms with Crippen LogP contribution in [0.4, 0.5) is 0 Å². The zero-order chi connectivity index (χ0) is 14.1. The van der Waals surface area contributed by atoms with Crippen molar-refractivity contribution in [3.63, 3.8) is 0 Å². The molecule has 0 fully saturated rings. The van der Waals surface area contributed by atoms with Crippen molar-refractivity contribution in [1.29, 1.82) is 0 Å². The summed E-state index contributed by atoms with van der Waals surface area (Å²) in [5, 5.41) is 9.44. The SMILES string of the molecule is O=C(O)c1ccccc1C(=O)c1nc2ccccc2s1. The minimum Gasteiger partial charge on any atom is -0.478 e. The van der Waals surface area contributed by atoms with Crippen molar-refractivity contribution in [2.45, 2.75) is 0 Å². The summed E-state index contributed by atoms with van der Waals surface area (Å²) in [6.07, 6.45) is 0. The van der Waals surface area contributed by atoms with Crippen LogP contribution in [-0.2, 0) is 0 Å². The quantitative estimate of drug-likeness (QED) is 0.749. The summed E-state index contributed by atoms with van der Waals surface area (Å²) in [5.41, 5.74) is 0.907. The highest BCUT2D eigenvalue weighted by Gasteiger charge is 2.20. The Balaban J connectivity index is 2.11. The van der Waals surface area contributed by atoms with Crippen molar-refractivity contribution in [1.82, 2.24) is 4.98 Å². The third-order valence-electron chi connectivity index (χ3n) is 2.89. The highest BCUT2D eigenvalue weighted by molar-refractivity contribution is 7.20. The van der Waals surface area contributed by atoms with Gasteiger partial charge in [-0.2, -0.15) is 0 Å². The van der Waals surface area contributed by atoms with Crippen LogP contribution in [-0.4, -0.2) is 21.8 Å². The molecule has 5 heteroatoms. The van der Waals surface area contributed by atoms with E-state index in [0.717, 1.165) is 10.2 Å². The fourth-order valence-corrected chi connectivity index (χ4v) is 2.87. The van der Waals surface area contributed by atoms with E-state index in [4.69, 9.17) is 5.11 Å². The lowest BCUT2D eigenvalue weighted by molar-refractivity contribution is 0.0693. The summed E-state index contributed by atoms with van der Waals surface area (Å²) < 4.78 is 0.906. The Hall–Kier alpha value is -2.53. The van der Waals surface area contributed by atoms with Gasteiger partial charge in [-0.25, -0.2) is 9.78 Å². The topological polar surface area (TPSA) is 67.3 Å². The number of carbonyl (C=O) groups excluding carboxylic acids is 1. The lowest BCUT2D eigenvalue weighted by Gasteiger charge is -2.01. The molecule has 4 nitrogen and oxygen atoms in total. The van der Waals surface area contributed by atoms with Gasteiger partial charge in [-0.1, -0.05) is 30.3 Å². The molecule has 0 aliphatic heterocycles. The predicted octanol–water partition coefficient (Wildman–Crippen LogP) is 3.23. The second-order valence-corrected chi connectivity index (χ2v) is 5.20. The number of rotatable bonds is 3. The fourth-order valence-electron chi connectivity index (χ4n) is 1.95. The van der Waals surface area contributed by atoms with Crippen LogP contribution >= 0.6 is 11.3 Å². The molecular formula is C15H9NO3S. The molecule has 1 aromatic heterocycles. The minimum absolute atomic E-state index is 0.00300. The Morgan fingerprint density at radius 1 is 0.950 bits per heavy atom. The van der Waals surface area contributed by atoms with E-state index in [1.54, 1.807) is 12.1 Å². The van der Waals surface area contributed by atoms with Crippen molar-refractivity contribution >= 4 is 33.3 Å². The first-order valence-corrected chi connectivity index (χ1v) is 6.71. The Labute approximate surface area is 118 Å². The number of carboxylic acids is 1. The fraction of sp³-hybridized carbons (Fsp3) is 0. The van der Waals surface area contributed by atoms with E-state index in [2.05, 4.69) is 4.98 Å². The molecule has 0 radical (unpaired) electrons. The van der Waals surface area contributed by atoms with Crippen molar-refractivity contribution in [2.75, 3.05) is 0 Å². The zero-order valence-electron chi connectivity index (χ0n) is 10.2. The van der Waals surface area contributed by atoms with Gasteiger partial charge in [0.2, 0.25) is 5.78 Å². The van der Waals surface area contributed by atoms with Crippen LogP contribution in [0.25, 0.3) is 10.2 Å². The molecule has 0 amide bonds. The van der Waals surface area contributed by atoms with Crippen LogP contribution in [0.2, 0.25) is 0 Å². The number of hydrogen-bond donors (Lipinski definition) is 1. The van der Waals surface area contributed by atoms with E-state index in [-0.39, 0.29) is 16.9 Å². The van der Waals surface area contributed by atoms with Crippen LogP contribution in [0.15, 0.2) is 48.5 Å². The Morgan fingerprint density at radius 3 is 2.30 bits per heavy atom. The normalized spacial score (nSPS) is 10.6. The standard InChI is InChI=1S/C15H9NO3S/c17-13(9-5-1-2-6-10(9)15(18)19)14-16-11-7-3-4-8-12(11)20-14/h1-8H,(H,18,19). The Kier molecular flexibility index (Phi) is 3.04. The van der Waals surface area contributed by atoms with Gasteiger partial charge in [-0.15, -0.1) is 11.3 Å². The third-order valence-corrected chi connectivity index (χ3v) is 3.93. The van der Waals surface area contributed by atoms with Crippen LogP contribution in [0, 0.1) is 0 Å². The maximum Gasteiger partial charge on any atom is 0.336 e. The molecule has 0 saturated carbocycles. The number of aromatic nitrogens is 1. The van der Waals surface area contributed by atoms with Gasteiger partial charge in [-0.05, 0) is 18.2 Å². The molecule has 0 aliphatic rings. The highest BCUT2D eigenvalue weighted by atomic mass is 32.1. The molecule has 3 aromatic rings. The molecule has 2 aromatic carbocycles. The maximum absolute atomic E-state index is 12.4. The summed E-state index contributed by atoms with van der Waals surface area (Å²) in [7, 11) is 0. The monoisotopic (exact) mass is 283 g/mol. The molecule has 0 bridgehead atoms. The summed E-state index contributed by atoms with van der Waals surface area (Å²) in [4.78, 5) is 27.9. The number of benzene rings is 2. The first kappa shape index (κ1) is 12.5. The van der Waals surface area contributed by atoms with Crippen LogP contribution < -0.4 is 0 Å². The number of thiazole rings is 1. The van der Waals surface area contributed by atoms with E-state index in [1.807, 2.05) is 24.3 Å². The molecule has 0 saturated heterocycles. The van der Waals surface area contributed by atoms with Gasteiger partial charge in [-0.3, -0.25) is 4.79 Å². The summed E-state index contributed by atoms with van der Waals surface area (Å²) in [6.45, 7) is 0. The van der Waals surface area contributed by atoms with Gasteiger partial charge in [0.25, 0.3) is 0 Å². The Bertz CT molecular complexity index is 790. The number of hydrogen-bond acceptors (Lipinski definition) is 4. The first-order valence-electron chi connectivity index (χ1n) is 5.89. The van der Waals surface area contributed by atoms with E-state index >= 15 is 0 Å². The average Bonchev–Trinajstić information content (AvgIpc) is 2.90. The van der Waals surface area contributed by atoms with E-state index < -0.39 is 5.97 Å². The molecular weight excluding hydrogens is 274 g/mol. The molecule has 0 aliphatic carbocycles. The molecule has 0 unspecified atom stereocenters. The van der Waals surface area contributed by atoms with Crippen LogP contribution in [0.1, 0.15) is 25.7 Å². The largest absolute Gasteiger partial charge is 0.478 e. The van der Waals surface area contributed by atoms with E-state index in [9.17, 15) is 9.59 Å². The second kappa shape index (κ2) is 4.86. The second-order valence-electron chi connectivity index (χ2n) is 4.17. The lowest BCUT2D eigenvalue weighted by Crippen LogP contribution is -2.09. The van der Waals surface area contributed by atoms with Gasteiger partial charge in [0.05, 0.1) is 15.8 Å². The van der Waals surface area contributed by atoms with Crippen molar-refractivity contribution in [2.24, 2.45) is 0 Å². The summed E-state index contributed by atoms with van der Waals surface area (Å²) in [5.74, 6) is -1.47. The van der Waals surface area contributed by atoms with Crippen molar-refractivity contribution < 1.29 is 14.7 Å². The smallest absolute Gasteiger partial charge is 0.336 e. The van der Waals surface area contributed by atoms with Crippen LogP contribution in [0.5, 0.6) is 0 Å². The minimum atomic E-state index is -1.12. The number of carbonyl (C=O) groups is 2. The first-order chi connectivity index (χ1) is 9.66. The van der Waals surface area contributed by atoms with Crippen LogP contribution in [0.3, 0.4) is 0 Å². The van der Waals surface area contributed by atoms with Gasteiger partial charge < -0.3 is 5.11 Å². The van der Waals surface area contributed by atoms with Crippen molar-refractivity contribution in [3.8, 4) is 0 Å². The van der Waals surface area contributed by atoms with Crippen molar-refractivity contribution in [3.05, 3.63) is 64.7 Å². The van der Waals surface area contributed by atoms with Gasteiger partial charge >= 0.3 is 5.97 Å². The van der Waals surface area contributed by atoms with Gasteiger partial charge in [0.1, 0.15) is 0 Å². The molecule has 0 atom stereocenters. The molecule has 1 heterocycles. The number of nitrogens with zero attached hydrogens (tertiary/aromatic N) is 1.